The summed E-state index contributed by atoms with van der Waals surface area (Å²) in [6.45, 7) is 2.72. The largest absolute Gasteiger partial charge is 0.481 e. The number of carboxylic acid groups (broad SMARTS) is 1. The second kappa shape index (κ2) is 5.72. The summed E-state index contributed by atoms with van der Waals surface area (Å²) in [5.41, 5.74) is 0. The zero-order chi connectivity index (χ0) is 13.1. The zero-order valence-corrected chi connectivity index (χ0v) is 11.1. The molecule has 0 saturated heterocycles. The Labute approximate surface area is 108 Å². The molecule has 0 heterocycles. The average Bonchev–Trinajstić information content (AvgIpc) is 3.00. The summed E-state index contributed by atoms with van der Waals surface area (Å²) in [6.07, 6.45) is 6.85. The molecule has 1 amide bonds. The van der Waals surface area contributed by atoms with E-state index in [0.29, 0.717) is 19.0 Å². The van der Waals surface area contributed by atoms with Gasteiger partial charge < -0.3 is 10.0 Å². The highest BCUT2D eigenvalue weighted by Gasteiger charge is 2.41. The van der Waals surface area contributed by atoms with Crippen LogP contribution in [0.3, 0.4) is 0 Å². The number of carbonyl (C=O) groups excluding carboxylic acids is 1. The van der Waals surface area contributed by atoms with Crippen molar-refractivity contribution in [2.45, 2.75) is 57.9 Å². The van der Waals surface area contributed by atoms with Crippen molar-refractivity contribution in [3.05, 3.63) is 0 Å². The third-order valence-electron chi connectivity index (χ3n) is 4.54. The SMILES string of the molecule is CCN(C(=O)[C@@H]1CCC[C@@H]1C(=O)O)C1CCCC1. The average molecular weight is 253 g/mol. The van der Waals surface area contributed by atoms with Crippen molar-refractivity contribution in [2.24, 2.45) is 11.8 Å². The molecule has 2 saturated carbocycles. The molecule has 4 heteroatoms. The highest BCUT2D eigenvalue weighted by molar-refractivity contribution is 5.85. The predicted octanol–water partition coefficient (Wildman–Crippen LogP) is 2.28. The van der Waals surface area contributed by atoms with Crippen LogP contribution in [-0.2, 0) is 9.59 Å². The van der Waals surface area contributed by atoms with Gasteiger partial charge in [0.15, 0.2) is 0 Å². The highest BCUT2D eigenvalue weighted by atomic mass is 16.4. The molecule has 0 bridgehead atoms. The van der Waals surface area contributed by atoms with E-state index in [4.69, 9.17) is 0 Å². The third kappa shape index (κ3) is 2.52. The van der Waals surface area contributed by atoms with Gasteiger partial charge in [-0.1, -0.05) is 19.3 Å². The zero-order valence-electron chi connectivity index (χ0n) is 11.1. The first-order chi connectivity index (χ1) is 8.65. The van der Waals surface area contributed by atoms with Crippen molar-refractivity contribution in [3.63, 3.8) is 0 Å². The summed E-state index contributed by atoms with van der Waals surface area (Å²) >= 11 is 0. The first-order valence-corrected chi connectivity index (χ1v) is 7.18. The van der Waals surface area contributed by atoms with E-state index in [1.54, 1.807) is 0 Å². The van der Waals surface area contributed by atoms with Crippen LogP contribution in [0.4, 0.5) is 0 Å². The molecular formula is C14H23NO3. The van der Waals surface area contributed by atoms with E-state index in [9.17, 15) is 14.7 Å². The fourth-order valence-corrected chi connectivity index (χ4v) is 3.57. The Morgan fingerprint density at radius 2 is 1.67 bits per heavy atom. The molecule has 2 atom stereocenters. The summed E-state index contributed by atoms with van der Waals surface area (Å²) < 4.78 is 0. The van der Waals surface area contributed by atoms with Gasteiger partial charge in [-0.15, -0.1) is 0 Å². The van der Waals surface area contributed by atoms with Crippen LogP contribution in [0.2, 0.25) is 0 Å². The van der Waals surface area contributed by atoms with E-state index in [2.05, 4.69) is 0 Å². The molecular weight excluding hydrogens is 230 g/mol. The minimum atomic E-state index is -0.798. The number of carboxylic acids is 1. The van der Waals surface area contributed by atoms with Crippen LogP contribution in [-0.4, -0.2) is 34.5 Å². The summed E-state index contributed by atoms with van der Waals surface area (Å²) in [6, 6.07) is 0.359. The lowest BCUT2D eigenvalue weighted by Gasteiger charge is -2.31. The minimum absolute atomic E-state index is 0.0919. The molecule has 0 unspecified atom stereocenters. The number of amides is 1. The summed E-state index contributed by atoms with van der Waals surface area (Å²) in [4.78, 5) is 25.7. The molecule has 0 radical (unpaired) electrons. The molecule has 0 spiro atoms. The fraction of sp³-hybridized carbons (Fsp3) is 0.857. The van der Waals surface area contributed by atoms with Crippen LogP contribution in [0.5, 0.6) is 0 Å². The maximum Gasteiger partial charge on any atom is 0.307 e. The molecule has 2 aliphatic rings. The second-order valence-corrected chi connectivity index (χ2v) is 5.54. The van der Waals surface area contributed by atoms with Crippen LogP contribution >= 0.6 is 0 Å². The molecule has 4 nitrogen and oxygen atoms in total. The van der Waals surface area contributed by atoms with Crippen LogP contribution in [0.15, 0.2) is 0 Å². The second-order valence-electron chi connectivity index (χ2n) is 5.54. The minimum Gasteiger partial charge on any atom is -0.481 e. The molecule has 2 rings (SSSR count). The number of nitrogens with zero attached hydrogens (tertiary/aromatic N) is 1. The van der Waals surface area contributed by atoms with Crippen molar-refractivity contribution in [3.8, 4) is 0 Å². The lowest BCUT2D eigenvalue weighted by molar-refractivity contribution is -0.150. The van der Waals surface area contributed by atoms with Crippen molar-refractivity contribution in [1.29, 1.82) is 0 Å². The molecule has 0 aromatic rings. The van der Waals surface area contributed by atoms with Gasteiger partial charge in [0.1, 0.15) is 0 Å². The number of aliphatic carboxylic acids is 1. The number of hydrogen-bond donors (Lipinski definition) is 1. The number of hydrogen-bond acceptors (Lipinski definition) is 2. The lowest BCUT2D eigenvalue weighted by atomic mass is 9.94. The van der Waals surface area contributed by atoms with Crippen LogP contribution in [0.1, 0.15) is 51.9 Å². The van der Waals surface area contributed by atoms with Gasteiger partial charge in [0, 0.05) is 12.6 Å². The normalized spacial score (nSPS) is 28.5. The van der Waals surface area contributed by atoms with Crippen molar-refractivity contribution in [2.75, 3.05) is 6.54 Å². The molecule has 2 aliphatic carbocycles. The van der Waals surface area contributed by atoms with E-state index < -0.39 is 11.9 Å². The Morgan fingerprint density at radius 1 is 1.06 bits per heavy atom. The number of carbonyl (C=O) groups is 2. The lowest BCUT2D eigenvalue weighted by Crippen LogP contribution is -2.44. The molecule has 0 aliphatic heterocycles. The van der Waals surface area contributed by atoms with Crippen molar-refractivity contribution in [1.82, 2.24) is 4.90 Å². The van der Waals surface area contributed by atoms with Crippen molar-refractivity contribution >= 4 is 11.9 Å². The summed E-state index contributed by atoms with van der Waals surface area (Å²) in [5, 5.41) is 9.18. The Balaban J connectivity index is 2.06. The van der Waals surface area contributed by atoms with Gasteiger partial charge in [-0.2, -0.15) is 0 Å². The molecule has 102 valence electrons. The van der Waals surface area contributed by atoms with Gasteiger partial charge in [0.2, 0.25) is 5.91 Å². The summed E-state index contributed by atoms with van der Waals surface area (Å²) in [5.74, 6) is -1.43. The van der Waals surface area contributed by atoms with E-state index in [-0.39, 0.29) is 11.8 Å². The van der Waals surface area contributed by atoms with Crippen LogP contribution < -0.4 is 0 Å². The van der Waals surface area contributed by atoms with Gasteiger partial charge in [0.05, 0.1) is 11.8 Å². The molecule has 2 fully saturated rings. The van der Waals surface area contributed by atoms with Gasteiger partial charge >= 0.3 is 5.97 Å². The molecule has 0 aromatic carbocycles. The summed E-state index contributed by atoms with van der Waals surface area (Å²) in [7, 11) is 0. The van der Waals surface area contributed by atoms with E-state index in [0.717, 1.165) is 25.7 Å². The highest BCUT2D eigenvalue weighted by Crippen LogP contribution is 2.35. The maximum atomic E-state index is 12.5. The maximum absolute atomic E-state index is 12.5. The molecule has 0 aromatic heterocycles. The fourth-order valence-electron chi connectivity index (χ4n) is 3.57. The van der Waals surface area contributed by atoms with Crippen molar-refractivity contribution < 1.29 is 14.7 Å². The smallest absolute Gasteiger partial charge is 0.307 e. The van der Waals surface area contributed by atoms with E-state index in [1.807, 2.05) is 11.8 Å². The number of rotatable bonds is 4. The van der Waals surface area contributed by atoms with Crippen LogP contribution in [0.25, 0.3) is 0 Å². The predicted molar refractivity (Wildman–Crippen MR) is 68.1 cm³/mol. The van der Waals surface area contributed by atoms with E-state index in [1.165, 1.54) is 12.8 Å². The Bertz CT molecular complexity index is 323. The molecule has 18 heavy (non-hydrogen) atoms. The quantitative estimate of drug-likeness (QED) is 0.836. The van der Waals surface area contributed by atoms with Crippen LogP contribution in [0, 0.1) is 11.8 Å². The van der Waals surface area contributed by atoms with Gasteiger partial charge in [0.25, 0.3) is 0 Å². The van der Waals surface area contributed by atoms with Gasteiger partial charge in [-0.05, 0) is 32.6 Å². The first-order valence-electron chi connectivity index (χ1n) is 7.18. The third-order valence-corrected chi connectivity index (χ3v) is 4.54. The Kier molecular flexibility index (Phi) is 4.25. The van der Waals surface area contributed by atoms with E-state index >= 15 is 0 Å². The monoisotopic (exact) mass is 253 g/mol. The van der Waals surface area contributed by atoms with Gasteiger partial charge in [-0.25, -0.2) is 0 Å². The molecule has 1 N–H and O–H groups in total. The topological polar surface area (TPSA) is 57.6 Å². The standard InChI is InChI=1S/C14H23NO3/c1-2-15(10-6-3-4-7-10)13(16)11-8-5-9-12(11)14(17)18/h10-12H,2-9H2,1H3,(H,17,18)/t11-,12+/m1/s1. The first kappa shape index (κ1) is 13.4. The van der Waals surface area contributed by atoms with Gasteiger partial charge in [-0.3, -0.25) is 9.59 Å². The Morgan fingerprint density at radius 3 is 2.22 bits per heavy atom. The Hall–Kier alpha value is -1.06.